The van der Waals surface area contributed by atoms with Gasteiger partial charge >= 0.3 is 0 Å². The number of nitrogens with zero attached hydrogens (tertiary/aromatic N) is 2. The van der Waals surface area contributed by atoms with Gasteiger partial charge in [-0.1, -0.05) is 27.7 Å². The van der Waals surface area contributed by atoms with Crippen molar-refractivity contribution in [1.82, 2.24) is 9.80 Å². The van der Waals surface area contributed by atoms with Crippen molar-refractivity contribution >= 4 is 5.91 Å². The molecule has 0 saturated carbocycles. The van der Waals surface area contributed by atoms with Crippen LogP contribution >= 0.6 is 0 Å². The molecule has 3 atom stereocenters. The molecule has 19 heavy (non-hydrogen) atoms. The van der Waals surface area contributed by atoms with Gasteiger partial charge in [-0.3, -0.25) is 9.69 Å². The normalized spacial score (nSPS) is 28.7. The van der Waals surface area contributed by atoms with Crippen LogP contribution in [0.25, 0.3) is 0 Å². The number of fused-ring (bicyclic) bond motifs is 2. The van der Waals surface area contributed by atoms with Gasteiger partial charge in [0.2, 0.25) is 5.91 Å². The third kappa shape index (κ3) is 3.29. The van der Waals surface area contributed by atoms with E-state index in [2.05, 4.69) is 37.5 Å². The zero-order valence-corrected chi connectivity index (χ0v) is 12.8. The first-order chi connectivity index (χ1) is 8.88. The summed E-state index contributed by atoms with van der Waals surface area (Å²) in [5, 5.41) is 0. The molecule has 2 fully saturated rings. The van der Waals surface area contributed by atoms with Crippen LogP contribution in [0.15, 0.2) is 0 Å². The fourth-order valence-electron chi connectivity index (χ4n) is 3.53. The van der Waals surface area contributed by atoms with Crippen LogP contribution in [0, 0.1) is 11.8 Å². The molecule has 2 N–H and O–H groups in total. The summed E-state index contributed by atoms with van der Waals surface area (Å²) >= 11 is 0. The van der Waals surface area contributed by atoms with Gasteiger partial charge in [0.1, 0.15) is 0 Å². The van der Waals surface area contributed by atoms with Crippen LogP contribution in [0.1, 0.15) is 40.5 Å². The van der Waals surface area contributed by atoms with Crippen LogP contribution < -0.4 is 5.73 Å². The van der Waals surface area contributed by atoms with Gasteiger partial charge < -0.3 is 10.6 Å². The number of hydrogen-bond donors (Lipinski definition) is 1. The minimum Gasteiger partial charge on any atom is -0.335 e. The first-order valence-electron chi connectivity index (χ1n) is 7.68. The van der Waals surface area contributed by atoms with Crippen LogP contribution in [0.2, 0.25) is 0 Å². The number of amides is 1. The molecular formula is C15H29N3O. The lowest BCUT2D eigenvalue weighted by Crippen LogP contribution is -2.53. The molecule has 0 spiro atoms. The van der Waals surface area contributed by atoms with E-state index in [-0.39, 0.29) is 11.9 Å². The van der Waals surface area contributed by atoms with Gasteiger partial charge in [-0.25, -0.2) is 0 Å². The Morgan fingerprint density at radius 2 is 1.84 bits per heavy atom. The molecule has 2 aliphatic heterocycles. The van der Waals surface area contributed by atoms with Crippen LogP contribution in [-0.4, -0.2) is 53.5 Å². The molecule has 2 unspecified atom stereocenters. The predicted octanol–water partition coefficient (Wildman–Crippen LogP) is 1.30. The number of nitrogens with two attached hydrogens (primary N) is 1. The predicted molar refractivity (Wildman–Crippen MR) is 77.7 cm³/mol. The maximum Gasteiger partial charge on any atom is 0.239 e. The monoisotopic (exact) mass is 267 g/mol. The smallest absolute Gasteiger partial charge is 0.239 e. The molecule has 0 radical (unpaired) electrons. The fraction of sp³-hybridized carbons (Fsp3) is 0.933. The van der Waals surface area contributed by atoms with Crippen molar-refractivity contribution in [1.29, 1.82) is 0 Å². The Kier molecular flexibility index (Phi) is 4.51. The summed E-state index contributed by atoms with van der Waals surface area (Å²) in [5.74, 6) is 1.35. The van der Waals surface area contributed by atoms with Crippen molar-refractivity contribution in [3.8, 4) is 0 Å². The van der Waals surface area contributed by atoms with E-state index in [1.165, 1.54) is 0 Å². The number of carbonyl (C=O) groups is 1. The number of hydrogen-bond acceptors (Lipinski definition) is 3. The van der Waals surface area contributed by atoms with Crippen molar-refractivity contribution in [2.75, 3.05) is 19.6 Å². The number of rotatable bonds is 5. The summed E-state index contributed by atoms with van der Waals surface area (Å²) in [6, 6.07) is 0.676. The van der Waals surface area contributed by atoms with Crippen LogP contribution in [0.5, 0.6) is 0 Å². The highest BCUT2D eigenvalue weighted by Crippen LogP contribution is 2.31. The van der Waals surface area contributed by atoms with Gasteiger partial charge in [0.25, 0.3) is 0 Å². The second-order valence-corrected chi connectivity index (χ2v) is 7.12. The molecule has 2 heterocycles. The van der Waals surface area contributed by atoms with Crippen LogP contribution in [-0.2, 0) is 4.79 Å². The Labute approximate surface area is 117 Å². The molecule has 2 rings (SSSR count). The third-order valence-corrected chi connectivity index (χ3v) is 4.28. The molecule has 4 heteroatoms. The van der Waals surface area contributed by atoms with Crippen molar-refractivity contribution < 1.29 is 4.79 Å². The summed E-state index contributed by atoms with van der Waals surface area (Å²) in [6.07, 6.45) is 1.94. The molecule has 1 amide bonds. The van der Waals surface area contributed by atoms with E-state index in [0.29, 0.717) is 23.9 Å². The second kappa shape index (κ2) is 5.80. The summed E-state index contributed by atoms with van der Waals surface area (Å²) < 4.78 is 0. The highest BCUT2D eigenvalue weighted by Gasteiger charge is 2.45. The lowest BCUT2D eigenvalue weighted by atomic mass is 10.0. The molecule has 4 nitrogen and oxygen atoms in total. The molecular weight excluding hydrogens is 238 g/mol. The summed E-state index contributed by atoms with van der Waals surface area (Å²) in [6.45, 7) is 11.8. The average Bonchev–Trinajstić information content (AvgIpc) is 2.85. The van der Waals surface area contributed by atoms with E-state index in [1.807, 2.05) is 0 Å². The standard InChI is InChI=1S/C15H29N3O/c1-10(2)5-14(16)15(19)18-9-12-6-13(18)8-17(12)7-11(3)4/h10-14H,5-9,16H2,1-4H3/t12?,13?,14-/m0/s1. The second-order valence-electron chi connectivity index (χ2n) is 7.12. The van der Waals surface area contributed by atoms with Gasteiger partial charge in [0.15, 0.2) is 0 Å². The maximum atomic E-state index is 12.4. The molecule has 0 aliphatic carbocycles. The molecule has 2 aliphatic rings. The Morgan fingerprint density at radius 1 is 1.16 bits per heavy atom. The first-order valence-corrected chi connectivity index (χ1v) is 7.68. The lowest BCUT2D eigenvalue weighted by Gasteiger charge is -2.36. The zero-order chi connectivity index (χ0) is 14.2. The minimum atomic E-state index is -0.308. The third-order valence-electron chi connectivity index (χ3n) is 4.28. The van der Waals surface area contributed by atoms with E-state index in [9.17, 15) is 4.79 Å². The van der Waals surface area contributed by atoms with Crippen molar-refractivity contribution in [2.45, 2.75) is 58.7 Å². The first kappa shape index (κ1) is 14.8. The van der Waals surface area contributed by atoms with Crippen molar-refractivity contribution in [3.63, 3.8) is 0 Å². The highest BCUT2D eigenvalue weighted by atomic mass is 16.2. The van der Waals surface area contributed by atoms with E-state index < -0.39 is 0 Å². The minimum absolute atomic E-state index is 0.172. The van der Waals surface area contributed by atoms with Gasteiger partial charge in [0.05, 0.1) is 6.04 Å². The molecule has 0 aromatic heterocycles. The Balaban J connectivity index is 1.88. The quantitative estimate of drug-likeness (QED) is 0.817. The topological polar surface area (TPSA) is 49.6 Å². The van der Waals surface area contributed by atoms with Gasteiger partial charge in [-0.15, -0.1) is 0 Å². The fourth-order valence-corrected chi connectivity index (χ4v) is 3.53. The van der Waals surface area contributed by atoms with E-state index >= 15 is 0 Å². The molecule has 2 bridgehead atoms. The molecule has 110 valence electrons. The number of likely N-dealkylation sites (tertiary alicyclic amines) is 2. The summed E-state index contributed by atoms with van der Waals surface area (Å²) in [4.78, 5) is 17.0. The summed E-state index contributed by atoms with van der Waals surface area (Å²) in [7, 11) is 0. The van der Waals surface area contributed by atoms with Gasteiger partial charge in [0, 0.05) is 31.7 Å². The van der Waals surface area contributed by atoms with Crippen LogP contribution in [0.4, 0.5) is 0 Å². The van der Waals surface area contributed by atoms with E-state index in [1.54, 1.807) is 0 Å². The maximum absolute atomic E-state index is 12.4. The Bertz CT molecular complexity index is 329. The summed E-state index contributed by atoms with van der Waals surface area (Å²) in [5.41, 5.74) is 6.04. The largest absolute Gasteiger partial charge is 0.335 e. The van der Waals surface area contributed by atoms with E-state index in [0.717, 1.165) is 32.5 Å². The van der Waals surface area contributed by atoms with Crippen LogP contribution in [0.3, 0.4) is 0 Å². The Hall–Kier alpha value is -0.610. The van der Waals surface area contributed by atoms with Gasteiger partial charge in [-0.2, -0.15) is 0 Å². The van der Waals surface area contributed by atoms with Crippen molar-refractivity contribution in [2.24, 2.45) is 17.6 Å². The SMILES string of the molecule is CC(C)C[C@H](N)C(=O)N1CC2CC1CN2CC(C)C. The molecule has 0 aromatic rings. The molecule has 2 saturated heterocycles. The average molecular weight is 267 g/mol. The number of piperazine rings is 1. The number of carbonyl (C=O) groups excluding carboxylic acids is 1. The molecule has 0 aromatic carbocycles. The van der Waals surface area contributed by atoms with Crippen molar-refractivity contribution in [3.05, 3.63) is 0 Å². The van der Waals surface area contributed by atoms with Gasteiger partial charge in [-0.05, 0) is 24.7 Å². The van der Waals surface area contributed by atoms with E-state index in [4.69, 9.17) is 5.73 Å². The lowest BCUT2D eigenvalue weighted by molar-refractivity contribution is -0.135. The zero-order valence-electron chi connectivity index (χ0n) is 12.8. The Morgan fingerprint density at radius 3 is 2.32 bits per heavy atom. The highest BCUT2D eigenvalue weighted by molar-refractivity contribution is 5.82.